The second kappa shape index (κ2) is 19.0. The second-order valence-electron chi connectivity index (χ2n) is 23.8. The number of aromatic nitrogens is 6. The van der Waals surface area contributed by atoms with Crippen molar-refractivity contribution < 1.29 is 0 Å². The van der Waals surface area contributed by atoms with E-state index in [1.807, 2.05) is 0 Å². The minimum absolute atomic E-state index is 0.178. The third-order valence-electron chi connectivity index (χ3n) is 17.9. The van der Waals surface area contributed by atoms with Crippen molar-refractivity contribution >= 4 is 80.5 Å². The standard InChI is InChI=1S/C75H58N8/c1-73(2)63-37-47(21-23-49-27-33-59-61-35-29-53(41-67(61)74(3,4)65(59)39-49)82(71-78-43-76-44-79-71)69-19-11-15-51-13-7-9-17-55(51)69)25-31-57(63)58-32-26-48(38-64(58)73)22-24-50-28-34-60-62-36-30-54(42-68(62)75(5,6)66(60)40-50)83(72-80-45-77-46-81-72)70-20-12-16-52-14-8-10-18-56(52)70/h7-46H,1-6H3. The van der Waals surface area contributed by atoms with Crippen LogP contribution >= 0.6 is 0 Å². The zero-order valence-corrected chi connectivity index (χ0v) is 47.2. The predicted molar refractivity (Wildman–Crippen MR) is 341 cm³/mol. The van der Waals surface area contributed by atoms with Gasteiger partial charge in [-0.1, -0.05) is 224 Å². The van der Waals surface area contributed by atoms with Crippen LogP contribution in [0.25, 0.3) is 79.2 Å². The minimum atomic E-state index is -0.247. The van der Waals surface area contributed by atoms with E-state index in [0.29, 0.717) is 11.9 Å². The molecule has 83 heavy (non-hydrogen) atoms. The first-order valence-electron chi connectivity index (χ1n) is 28.4. The van der Waals surface area contributed by atoms with E-state index in [2.05, 4.69) is 300 Å². The number of benzene rings is 10. The lowest BCUT2D eigenvalue weighted by atomic mass is 9.81. The Bertz CT molecular complexity index is 4370. The van der Waals surface area contributed by atoms with Gasteiger partial charge >= 0.3 is 0 Å². The zero-order valence-electron chi connectivity index (χ0n) is 47.2. The van der Waals surface area contributed by atoms with Crippen LogP contribution in [0.1, 0.15) is 97.2 Å². The molecule has 0 N–H and O–H groups in total. The van der Waals surface area contributed by atoms with Crippen molar-refractivity contribution in [3.8, 4) is 33.4 Å². The molecule has 0 unspecified atom stereocenters. The van der Waals surface area contributed by atoms with Gasteiger partial charge in [-0.2, -0.15) is 0 Å². The fraction of sp³-hybridized carbons (Fsp3) is 0.120. The van der Waals surface area contributed by atoms with E-state index < -0.39 is 0 Å². The van der Waals surface area contributed by atoms with Gasteiger partial charge in [-0.3, -0.25) is 9.80 Å². The van der Waals surface area contributed by atoms with E-state index in [0.717, 1.165) is 44.3 Å². The topological polar surface area (TPSA) is 83.8 Å². The normalized spacial score (nSPS) is 14.6. The fourth-order valence-corrected chi connectivity index (χ4v) is 13.6. The predicted octanol–water partition coefficient (Wildman–Crippen LogP) is 18.6. The van der Waals surface area contributed by atoms with Gasteiger partial charge in [-0.05, 0) is 136 Å². The molecule has 0 saturated heterocycles. The summed E-state index contributed by atoms with van der Waals surface area (Å²) < 4.78 is 0. The summed E-state index contributed by atoms with van der Waals surface area (Å²) in [5.74, 6) is 1.15. The molecule has 0 amide bonds. The summed E-state index contributed by atoms with van der Waals surface area (Å²) in [6, 6.07) is 71.1. The van der Waals surface area contributed by atoms with Crippen LogP contribution in [0.2, 0.25) is 0 Å². The molecule has 0 spiro atoms. The van der Waals surface area contributed by atoms with Gasteiger partial charge < -0.3 is 0 Å². The van der Waals surface area contributed by atoms with Gasteiger partial charge in [-0.15, -0.1) is 0 Å². The minimum Gasteiger partial charge on any atom is -0.278 e. The largest absolute Gasteiger partial charge is 0.278 e. The quantitative estimate of drug-likeness (QED) is 0.125. The summed E-state index contributed by atoms with van der Waals surface area (Å²) in [5.41, 5.74) is 23.6. The van der Waals surface area contributed by atoms with Gasteiger partial charge in [0.2, 0.25) is 11.9 Å². The maximum atomic E-state index is 4.65. The molecule has 0 atom stereocenters. The zero-order chi connectivity index (χ0) is 56.2. The molecule has 12 aromatic rings. The molecule has 3 aliphatic rings. The van der Waals surface area contributed by atoms with Gasteiger partial charge in [-0.25, -0.2) is 29.9 Å². The van der Waals surface area contributed by atoms with Crippen LogP contribution in [0.5, 0.6) is 0 Å². The molecule has 0 bridgehead atoms. The van der Waals surface area contributed by atoms with Crippen molar-refractivity contribution in [2.45, 2.75) is 57.8 Å². The maximum absolute atomic E-state index is 4.65. The molecular formula is C75H58N8. The lowest BCUT2D eigenvalue weighted by molar-refractivity contribution is 0.660. The highest BCUT2D eigenvalue weighted by Crippen LogP contribution is 2.54. The van der Waals surface area contributed by atoms with Crippen LogP contribution in [0.15, 0.2) is 219 Å². The van der Waals surface area contributed by atoms with Crippen molar-refractivity contribution in [3.63, 3.8) is 0 Å². The molecule has 398 valence electrons. The Hall–Kier alpha value is -10.2. The second-order valence-corrected chi connectivity index (χ2v) is 23.8. The van der Waals surface area contributed by atoms with Crippen LogP contribution in [0.4, 0.5) is 34.6 Å². The average Bonchev–Trinajstić information content (AvgIpc) is 4.07. The highest BCUT2D eigenvalue weighted by molar-refractivity contribution is 6.00. The highest BCUT2D eigenvalue weighted by atomic mass is 15.3. The summed E-state index contributed by atoms with van der Waals surface area (Å²) in [4.78, 5) is 31.2. The molecule has 2 aromatic heterocycles. The summed E-state index contributed by atoms with van der Waals surface area (Å²) in [6.07, 6.45) is 15.3. The highest BCUT2D eigenvalue weighted by Gasteiger charge is 2.39. The monoisotopic (exact) mass is 1070 g/mol. The lowest BCUT2D eigenvalue weighted by Gasteiger charge is -2.27. The van der Waals surface area contributed by atoms with E-state index >= 15 is 0 Å². The maximum Gasteiger partial charge on any atom is 0.237 e. The summed E-state index contributed by atoms with van der Waals surface area (Å²) in [6.45, 7) is 14.1. The van der Waals surface area contributed by atoms with Crippen molar-refractivity contribution in [2.24, 2.45) is 0 Å². The molecule has 0 fully saturated rings. The van der Waals surface area contributed by atoms with Crippen molar-refractivity contribution in [1.29, 1.82) is 0 Å². The molecule has 8 nitrogen and oxygen atoms in total. The number of fused-ring (bicyclic) bond motifs is 11. The molecule has 10 aromatic carbocycles. The number of nitrogens with zero attached hydrogens (tertiary/aromatic N) is 8. The Balaban J connectivity index is 0.671. The van der Waals surface area contributed by atoms with Crippen LogP contribution < -0.4 is 9.80 Å². The van der Waals surface area contributed by atoms with E-state index in [4.69, 9.17) is 0 Å². The SMILES string of the molecule is CC1(C)c2cc(C=Cc3ccc4c(c3)C(C)(C)c3cc(N(c5ncncn5)c5cccc6ccccc56)ccc3-4)ccc2-c2ccc(C=Cc3ccc4c(c3)C(C)(C)c3cc(N(c5ncncn5)c5cccc6ccccc56)ccc3-4)cc21. The van der Waals surface area contributed by atoms with E-state index in [1.165, 1.54) is 89.0 Å². The Morgan fingerprint density at radius 2 is 0.590 bits per heavy atom. The summed E-state index contributed by atoms with van der Waals surface area (Å²) >= 11 is 0. The third-order valence-corrected chi connectivity index (χ3v) is 17.9. The molecule has 15 rings (SSSR count). The molecular weight excluding hydrogens is 1010 g/mol. The fourth-order valence-electron chi connectivity index (χ4n) is 13.6. The van der Waals surface area contributed by atoms with Crippen molar-refractivity contribution in [1.82, 2.24) is 29.9 Å². The van der Waals surface area contributed by atoms with Crippen molar-refractivity contribution in [3.05, 3.63) is 275 Å². The number of hydrogen-bond acceptors (Lipinski definition) is 8. The Morgan fingerprint density at radius 1 is 0.301 bits per heavy atom. The lowest BCUT2D eigenvalue weighted by Crippen LogP contribution is -2.17. The molecule has 3 aliphatic carbocycles. The van der Waals surface area contributed by atoms with Crippen LogP contribution in [0, 0.1) is 0 Å². The van der Waals surface area contributed by atoms with Gasteiger partial charge in [0, 0.05) is 38.4 Å². The summed E-state index contributed by atoms with van der Waals surface area (Å²) in [5, 5.41) is 4.57. The van der Waals surface area contributed by atoms with E-state index in [1.54, 1.807) is 25.3 Å². The smallest absolute Gasteiger partial charge is 0.237 e. The van der Waals surface area contributed by atoms with Gasteiger partial charge in [0.25, 0.3) is 0 Å². The Morgan fingerprint density at radius 3 is 0.928 bits per heavy atom. The average molecular weight is 1070 g/mol. The molecule has 0 radical (unpaired) electrons. The first-order valence-corrected chi connectivity index (χ1v) is 28.4. The summed E-state index contributed by atoms with van der Waals surface area (Å²) in [7, 11) is 0. The van der Waals surface area contributed by atoms with Gasteiger partial charge in [0.15, 0.2) is 0 Å². The van der Waals surface area contributed by atoms with Gasteiger partial charge in [0.1, 0.15) is 25.3 Å². The first kappa shape index (κ1) is 49.8. The molecule has 0 saturated carbocycles. The Kier molecular flexibility index (Phi) is 11.4. The first-order chi connectivity index (χ1) is 40.4. The number of rotatable bonds is 10. The third kappa shape index (κ3) is 8.11. The molecule has 8 heteroatoms. The van der Waals surface area contributed by atoms with E-state index in [9.17, 15) is 0 Å². The number of hydrogen-bond donors (Lipinski definition) is 0. The van der Waals surface area contributed by atoms with Gasteiger partial charge in [0.05, 0.1) is 11.4 Å². The molecule has 0 aliphatic heterocycles. The van der Waals surface area contributed by atoms with Crippen LogP contribution in [-0.4, -0.2) is 29.9 Å². The van der Waals surface area contributed by atoms with Crippen LogP contribution in [-0.2, 0) is 16.2 Å². The van der Waals surface area contributed by atoms with Crippen LogP contribution in [0.3, 0.4) is 0 Å². The number of anilines is 6. The Labute approximate surface area is 483 Å². The van der Waals surface area contributed by atoms with E-state index in [-0.39, 0.29) is 16.2 Å². The van der Waals surface area contributed by atoms with Crippen molar-refractivity contribution in [2.75, 3.05) is 9.80 Å². The molecule has 2 heterocycles.